The Balaban J connectivity index is 1.56. The first-order chi connectivity index (χ1) is 11.5. The molecule has 7 heteroatoms. The second kappa shape index (κ2) is 6.97. The molecule has 1 aliphatic heterocycles. The first-order valence-electron chi connectivity index (χ1n) is 7.29. The van der Waals surface area contributed by atoms with E-state index in [1.807, 2.05) is 19.1 Å². The molecule has 1 amide bonds. The van der Waals surface area contributed by atoms with Crippen molar-refractivity contribution in [3.8, 4) is 17.2 Å². The molecular formula is C17H15ClFNO4. The van der Waals surface area contributed by atoms with Gasteiger partial charge in [-0.2, -0.15) is 0 Å². The fraction of sp³-hybridized carbons (Fsp3) is 0.235. The Morgan fingerprint density at radius 2 is 2.08 bits per heavy atom. The largest absolute Gasteiger partial charge is 0.482 e. The van der Waals surface area contributed by atoms with Crippen LogP contribution in [0.4, 0.5) is 4.39 Å². The van der Waals surface area contributed by atoms with Crippen molar-refractivity contribution < 1.29 is 23.4 Å². The van der Waals surface area contributed by atoms with E-state index in [9.17, 15) is 9.18 Å². The zero-order valence-electron chi connectivity index (χ0n) is 12.8. The van der Waals surface area contributed by atoms with E-state index in [4.69, 9.17) is 25.8 Å². The Morgan fingerprint density at radius 3 is 2.88 bits per heavy atom. The summed E-state index contributed by atoms with van der Waals surface area (Å²) in [5.74, 6) is 0.812. The number of nitrogens with one attached hydrogen (secondary N) is 1. The number of rotatable bonds is 5. The summed E-state index contributed by atoms with van der Waals surface area (Å²) in [6, 6.07) is 8.97. The van der Waals surface area contributed by atoms with Crippen LogP contribution in [0.5, 0.6) is 17.2 Å². The Bertz CT molecular complexity index is 768. The third kappa shape index (κ3) is 3.71. The quantitative estimate of drug-likeness (QED) is 0.896. The molecule has 24 heavy (non-hydrogen) atoms. The average Bonchev–Trinajstić information content (AvgIpc) is 3.01. The summed E-state index contributed by atoms with van der Waals surface area (Å²) >= 11 is 5.85. The van der Waals surface area contributed by atoms with Gasteiger partial charge in [-0.05, 0) is 42.8 Å². The molecule has 0 bridgehead atoms. The van der Waals surface area contributed by atoms with Gasteiger partial charge in [-0.3, -0.25) is 4.79 Å². The van der Waals surface area contributed by atoms with Gasteiger partial charge in [0.25, 0.3) is 5.91 Å². The summed E-state index contributed by atoms with van der Waals surface area (Å²) in [7, 11) is 0. The normalized spacial score (nSPS) is 13.5. The molecule has 5 nitrogen and oxygen atoms in total. The number of hydrogen-bond donors (Lipinski definition) is 1. The molecular weight excluding hydrogens is 337 g/mol. The number of carbonyl (C=O) groups excluding carboxylic acids is 1. The van der Waals surface area contributed by atoms with Gasteiger partial charge in [0.15, 0.2) is 18.1 Å². The smallest absolute Gasteiger partial charge is 0.258 e. The lowest BCUT2D eigenvalue weighted by atomic mass is 10.1. The third-order valence-electron chi connectivity index (χ3n) is 3.53. The maximum atomic E-state index is 13.0. The Labute approximate surface area is 143 Å². The molecule has 2 aromatic carbocycles. The lowest BCUT2D eigenvalue weighted by Crippen LogP contribution is -2.31. The maximum Gasteiger partial charge on any atom is 0.258 e. The van der Waals surface area contributed by atoms with Gasteiger partial charge in [0.2, 0.25) is 6.79 Å². The molecule has 1 N–H and O–H groups in total. The van der Waals surface area contributed by atoms with E-state index in [1.54, 1.807) is 6.07 Å². The fourth-order valence-corrected chi connectivity index (χ4v) is 2.51. The van der Waals surface area contributed by atoms with Crippen molar-refractivity contribution in [2.24, 2.45) is 0 Å². The van der Waals surface area contributed by atoms with Crippen LogP contribution < -0.4 is 19.5 Å². The van der Waals surface area contributed by atoms with Crippen molar-refractivity contribution in [1.82, 2.24) is 5.32 Å². The molecule has 126 valence electrons. The summed E-state index contributed by atoms with van der Waals surface area (Å²) in [4.78, 5) is 12.0. The molecule has 0 radical (unpaired) electrons. The summed E-state index contributed by atoms with van der Waals surface area (Å²) < 4.78 is 28.8. The van der Waals surface area contributed by atoms with Crippen LogP contribution in [0.2, 0.25) is 5.02 Å². The highest BCUT2D eigenvalue weighted by Crippen LogP contribution is 2.34. The third-order valence-corrected chi connectivity index (χ3v) is 3.82. The number of hydrogen-bond acceptors (Lipinski definition) is 4. The number of fused-ring (bicyclic) bond motifs is 1. The van der Waals surface area contributed by atoms with Crippen LogP contribution in [0, 0.1) is 5.82 Å². The van der Waals surface area contributed by atoms with Crippen LogP contribution in [-0.4, -0.2) is 19.3 Å². The standard InChI is InChI=1S/C17H15ClFNO4/c1-10(11-2-4-15-16(6-11)24-9-23-15)20-17(21)8-22-14-5-3-12(19)7-13(14)18/h2-7,10H,8-9H2,1H3,(H,20,21). The predicted molar refractivity (Wildman–Crippen MR) is 86.0 cm³/mol. The molecule has 1 unspecified atom stereocenters. The molecule has 0 spiro atoms. The van der Waals surface area contributed by atoms with Gasteiger partial charge in [0, 0.05) is 0 Å². The van der Waals surface area contributed by atoms with E-state index in [0.717, 1.165) is 11.6 Å². The van der Waals surface area contributed by atoms with Gasteiger partial charge in [-0.25, -0.2) is 4.39 Å². The highest BCUT2D eigenvalue weighted by atomic mass is 35.5. The highest BCUT2D eigenvalue weighted by molar-refractivity contribution is 6.32. The molecule has 0 saturated carbocycles. The summed E-state index contributed by atoms with van der Waals surface area (Å²) in [5, 5.41) is 2.93. The van der Waals surface area contributed by atoms with E-state index < -0.39 is 5.82 Å². The van der Waals surface area contributed by atoms with Gasteiger partial charge in [-0.1, -0.05) is 17.7 Å². The maximum absolute atomic E-state index is 13.0. The highest BCUT2D eigenvalue weighted by Gasteiger charge is 2.17. The number of halogens is 2. The second-order valence-corrected chi connectivity index (χ2v) is 5.67. The fourth-order valence-electron chi connectivity index (χ4n) is 2.28. The topological polar surface area (TPSA) is 56.8 Å². The van der Waals surface area contributed by atoms with E-state index in [2.05, 4.69) is 5.32 Å². The molecule has 3 rings (SSSR count). The monoisotopic (exact) mass is 351 g/mol. The minimum absolute atomic E-state index is 0.117. The minimum atomic E-state index is -0.465. The van der Waals surface area contributed by atoms with E-state index in [-0.39, 0.29) is 36.1 Å². The molecule has 2 aromatic rings. The SMILES string of the molecule is CC(NC(=O)COc1ccc(F)cc1Cl)c1ccc2c(c1)OCO2. The average molecular weight is 352 g/mol. The Kier molecular flexibility index (Phi) is 4.76. The van der Waals surface area contributed by atoms with Crippen LogP contribution in [0.25, 0.3) is 0 Å². The van der Waals surface area contributed by atoms with E-state index in [0.29, 0.717) is 11.5 Å². The zero-order chi connectivity index (χ0) is 17.1. The van der Waals surface area contributed by atoms with Crippen molar-refractivity contribution in [3.05, 3.63) is 52.8 Å². The Hall–Kier alpha value is -2.47. The number of carbonyl (C=O) groups is 1. The van der Waals surface area contributed by atoms with Crippen molar-refractivity contribution in [3.63, 3.8) is 0 Å². The number of benzene rings is 2. The first-order valence-corrected chi connectivity index (χ1v) is 7.67. The van der Waals surface area contributed by atoms with Crippen LogP contribution in [0.1, 0.15) is 18.5 Å². The molecule has 1 atom stereocenters. The molecule has 0 aromatic heterocycles. The zero-order valence-corrected chi connectivity index (χ0v) is 13.6. The predicted octanol–water partition coefficient (Wildman–Crippen LogP) is 3.46. The van der Waals surface area contributed by atoms with Gasteiger partial charge >= 0.3 is 0 Å². The molecule has 1 aliphatic rings. The van der Waals surface area contributed by atoms with Crippen LogP contribution >= 0.6 is 11.6 Å². The molecule has 0 saturated heterocycles. The van der Waals surface area contributed by atoms with Crippen molar-refractivity contribution >= 4 is 17.5 Å². The van der Waals surface area contributed by atoms with Crippen molar-refractivity contribution in [2.75, 3.05) is 13.4 Å². The van der Waals surface area contributed by atoms with Crippen LogP contribution in [0.3, 0.4) is 0 Å². The lowest BCUT2D eigenvalue weighted by Gasteiger charge is -2.15. The summed E-state index contributed by atoms with van der Waals surface area (Å²) in [6.07, 6.45) is 0. The minimum Gasteiger partial charge on any atom is -0.482 e. The van der Waals surface area contributed by atoms with Gasteiger partial charge in [0.05, 0.1) is 11.1 Å². The number of ether oxygens (including phenoxy) is 3. The van der Waals surface area contributed by atoms with E-state index >= 15 is 0 Å². The molecule has 0 fully saturated rings. The van der Waals surface area contributed by atoms with Crippen LogP contribution in [-0.2, 0) is 4.79 Å². The first kappa shape index (κ1) is 16.4. The van der Waals surface area contributed by atoms with Gasteiger partial charge in [-0.15, -0.1) is 0 Å². The second-order valence-electron chi connectivity index (χ2n) is 5.27. The molecule has 1 heterocycles. The number of amides is 1. The summed E-state index contributed by atoms with van der Waals surface area (Å²) in [5.41, 5.74) is 0.882. The van der Waals surface area contributed by atoms with Gasteiger partial charge < -0.3 is 19.5 Å². The van der Waals surface area contributed by atoms with Crippen molar-refractivity contribution in [2.45, 2.75) is 13.0 Å². The molecule has 0 aliphatic carbocycles. The lowest BCUT2D eigenvalue weighted by molar-refractivity contribution is -0.123. The van der Waals surface area contributed by atoms with Crippen molar-refractivity contribution in [1.29, 1.82) is 0 Å². The van der Waals surface area contributed by atoms with Crippen LogP contribution in [0.15, 0.2) is 36.4 Å². The van der Waals surface area contributed by atoms with Gasteiger partial charge in [0.1, 0.15) is 11.6 Å². The summed E-state index contributed by atoms with van der Waals surface area (Å²) in [6.45, 7) is 1.83. The Morgan fingerprint density at radius 1 is 1.29 bits per heavy atom. The van der Waals surface area contributed by atoms with E-state index in [1.165, 1.54) is 12.1 Å².